The molecule has 0 amide bonds. The van der Waals surface area contributed by atoms with Crippen LogP contribution in [0.4, 0.5) is 0 Å². The number of hydrogen-bond donors (Lipinski definition) is 0. The van der Waals surface area contributed by atoms with Gasteiger partial charge in [-0.25, -0.2) is 0 Å². The number of nitrogens with zero attached hydrogens (tertiary/aromatic N) is 1. The second kappa shape index (κ2) is 4.20. The standard InChI is InChI=1S/C15H23N/c1-5-11-10-12-8-7-9-16-14(12)13(11)15(3,4)6-2/h7-9,11,13H,5-6,10H2,1-4H3. The highest BCUT2D eigenvalue weighted by molar-refractivity contribution is 5.31. The van der Waals surface area contributed by atoms with Crippen molar-refractivity contribution in [3.05, 3.63) is 29.6 Å². The van der Waals surface area contributed by atoms with E-state index in [-0.39, 0.29) is 0 Å². The molecule has 0 aliphatic heterocycles. The van der Waals surface area contributed by atoms with Crippen molar-refractivity contribution < 1.29 is 0 Å². The van der Waals surface area contributed by atoms with Gasteiger partial charge in [-0.05, 0) is 29.4 Å². The first-order chi connectivity index (χ1) is 7.60. The molecule has 1 nitrogen and oxygen atoms in total. The van der Waals surface area contributed by atoms with Gasteiger partial charge in [0.25, 0.3) is 0 Å². The average molecular weight is 217 g/mol. The van der Waals surface area contributed by atoms with Gasteiger partial charge >= 0.3 is 0 Å². The van der Waals surface area contributed by atoms with E-state index < -0.39 is 0 Å². The van der Waals surface area contributed by atoms with E-state index in [9.17, 15) is 0 Å². The minimum Gasteiger partial charge on any atom is -0.261 e. The predicted octanol–water partition coefficient (Wildman–Crippen LogP) is 4.18. The maximum absolute atomic E-state index is 4.65. The lowest BCUT2D eigenvalue weighted by atomic mass is 9.70. The minimum atomic E-state index is 0.375. The van der Waals surface area contributed by atoms with E-state index in [0.717, 1.165) is 5.92 Å². The highest BCUT2D eigenvalue weighted by Gasteiger charge is 2.41. The Hall–Kier alpha value is -0.850. The van der Waals surface area contributed by atoms with Crippen LogP contribution >= 0.6 is 0 Å². The predicted molar refractivity (Wildman–Crippen MR) is 68.5 cm³/mol. The Labute approximate surface area is 99.3 Å². The number of fused-ring (bicyclic) bond motifs is 1. The summed E-state index contributed by atoms with van der Waals surface area (Å²) in [5.41, 5.74) is 3.24. The molecule has 0 saturated carbocycles. The van der Waals surface area contributed by atoms with Crippen LogP contribution in [-0.4, -0.2) is 4.98 Å². The SMILES string of the molecule is CCC1Cc2cccnc2C1C(C)(C)CC. The van der Waals surface area contributed by atoms with E-state index in [4.69, 9.17) is 0 Å². The monoisotopic (exact) mass is 217 g/mol. The Kier molecular flexibility index (Phi) is 3.05. The van der Waals surface area contributed by atoms with Crippen molar-refractivity contribution in [2.75, 3.05) is 0 Å². The third-order valence-corrected chi connectivity index (χ3v) is 4.45. The summed E-state index contributed by atoms with van der Waals surface area (Å²) in [5, 5.41) is 0. The van der Waals surface area contributed by atoms with E-state index >= 15 is 0 Å². The van der Waals surface area contributed by atoms with Crippen molar-refractivity contribution in [1.82, 2.24) is 4.98 Å². The van der Waals surface area contributed by atoms with Gasteiger partial charge in [-0.1, -0.05) is 46.6 Å². The summed E-state index contributed by atoms with van der Waals surface area (Å²) in [6.45, 7) is 9.40. The lowest BCUT2D eigenvalue weighted by Crippen LogP contribution is -2.25. The van der Waals surface area contributed by atoms with E-state index in [0.29, 0.717) is 11.3 Å². The maximum Gasteiger partial charge on any atom is 0.0474 e. The zero-order valence-corrected chi connectivity index (χ0v) is 11.0. The van der Waals surface area contributed by atoms with Crippen LogP contribution in [0.2, 0.25) is 0 Å². The van der Waals surface area contributed by atoms with Crippen molar-refractivity contribution in [2.24, 2.45) is 11.3 Å². The van der Waals surface area contributed by atoms with Gasteiger partial charge in [0.05, 0.1) is 0 Å². The molecule has 88 valence electrons. The lowest BCUT2D eigenvalue weighted by Gasteiger charge is -2.34. The third kappa shape index (κ3) is 1.77. The molecule has 0 spiro atoms. The van der Waals surface area contributed by atoms with Crippen LogP contribution in [0.5, 0.6) is 0 Å². The van der Waals surface area contributed by atoms with E-state index in [1.54, 1.807) is 0 Å². The molecule has 1 aliphatic rings. The van der Waals surface area contributed by atoms with Gasteiger partial charge in [0.1, 0.15) is 0 Å². The van der Waals surface area contributed by atoms with Crippen molar-refractivity contribution in [3.8, 4) is 0 Å². The normalized spacial score (nSPS) is 24.5. The summed E-state index contributed by atoms with van der Waals surface area (Å²) in [6.07, 6.45) is 5.68. The fourth-order valence-electron chi connectivity index (χ4n) is 3.14. The van der Waals surface area contributed by atoms with E-state index in [2.05, 4.69) is 44.8 Å². The molecule has 0 radical (unpaired) electrons. The van der Waals surface area contributed by atoms with Gasteiger partial charge in [0.2, 0.25) is 0 Å². The van der Waals surface area contributed by atoms with Crippen LogP contribution in [0.3, 0.4) is 0 Å². The summed E-state index contributed by atoms with van der Waals surface area (Å²) in [6, 6.07) is 4.34. The molecule has 1 aliphatic carbocycles. The van der Waals surface area contributed by atoms with Crippen molar-refractivity contribution in [1.29, 1.82) is 0 Å². The van der Waals surface area contributed by atoms with Crippen molar-refractivity contribution in [3.63, 3.8) is 0 Å². The van der Waals surface area contributed by atoms with E-state index in [1.807, 2.05) is 6.20 Å². The highest BCUT2D eigenvalue weighted by atomic mass is 14.7. The molecule has 0 fully saturated rings. The zero-order valence-electron chi connectivity index (χ0n) is 11.0. The molecule has 0 bridgehead atoms. The second-order valence-electron chi connectivity index (χ2n) is 5.74. The third-order valence-electron chi connectivity index (χ3n) is 4.45. The fraction of sp³-hybridized carbons (Fsp3) is 0.667. The summed E-state index contributed by atoms with van der Waals surface area (Å²) in [7, 11) is 0. The Balaban J connectivity index is 2.42. The van der Waals surface area contributed by atoms with Crippen molar-refractivity contribution in [2.45, 2.75) is 52.9 Å². The van der Waals surface area contributed by atoms with Crippen LogP contribution in [0, 0.1) is 11.3 Å². The Morgan fingerprint density at radius 2 is 2.12 bits per heavy atom. The molecular formula is C15H23N. The van der Waals surface area contributed by atoms with Gasteiger partial charge in [0.15, 0.2) is 0 Å². The van der Waals surface area contributed by atoms with Gasteiger partial charge in [-0.2, -0.15) is 0 Å². The van der Waals surface area contributed by atoms with Gasteiger partial charge in [-0.3, -0.25) is 4.98 Å². The summed E-state index contributed by atoms with van der Waals surface area (Å²) in [4.78, 5) is 4.65. The molecule has 0 N–H and O–H groups in total. The number of hydrogen-bond acceptors (Lipinski definition) is 1. The van der Waals surface area contributed by atoms with Crippen LogP contribution in [0.25, 0.3) is 0 Å². The first kappa shape index (κ1) is 11.6. The molecule has 2 atom stereocenters. The molecule has 16 heavy (non-hydrogen) atoms. The molecule has 1 aromatic heterocycles. The van der Waals surface area contributed by atoms with Gasteiger partial charge < -0.3 is 0 Å². The Morgan fingerprint density at radius 3 is 2.75 bits per heavy atom. The Morgan fingerprint density at radius 1 is 1.38 bits per heavy atom. The van der Waals surface area contributed by atoms with Crippen LogP contribution in [-0.2, 0) is 6.42 Å². The molecule has 2 unspecified atom stereocenters. The van der Waals surface area contributed by atoms with Crippen molar-refractivity contribution >= 4 is 0 Å². The molecule has 1 aromatic rings. The summed E-state index contributed by atoms with van der Waals surface area (Å²) < 4.78 is 0. The minimum absolute atomic E-state index is 0.375. The van der Waals surface area contributed by atoms with Crippen LogP contribution in [0.1, 0.15) is 57.7 Å². The number of aromatic nitrogens is 1. The molecule has 2 rings (SSSR count). The Bertz CT molecular complexity index is 367. The molecular weight excluding hydrogens is 194 g/mol. The van der Waals surface area contributed by atoms with Gasteiger partial charge in [0, 0.05) is 17.8 Å². The smallest absolute Gasteiger partial charge is 0.0474 e. The molecule has 1 heteroatoms. The first-order valence-corrected chi connectivity index (χ1v) is 6.54. The number of rotatable bonds is 3. The largest absolute Gasteiger partial charge is 0.261 e. The highest BCUT2D eigenvalue weighted by Crippen LogP contribution is 2.50. The van der Waals surface area contributed by atoms with Crippen LogP contribution < -0.4 is 0 Å². The van der Waals surface area contributed by atoms with Crippen LogP contribution in [0.15, 0.2) is 18.3 Å². The molecule has 0 aromatic carbocycles. The topological polar surface area (TPSA) is 12.9 Å². The van der Waals surface area contributed by atoms with Gasteiger partial charge in [-0.15, -0.1) is 0 Å². The maximum atomic E-state index is 4.65. The quantitative estimate of drug-likeness (QED) is 0.740. The fourth-order valence-corrected chi connectivity index (χ4v) is 3.14. The lowest BCUT2D eigenvalue weighted by molar-refractivity contribution is 0.210. The summed E-state index contributed by atoms with van der Waals surface area (Å²) >= 11 is 0. The average Bonchev–Trinajstić information content (AvgIpc) is 2.67. The zero-order chi connectivity index (χ0) is 11.8. The summed E-state index contributed by atoms with van der Waals surface area (Å²) in [5.74, 6) is 1.44. The molecule has 0 saturated heterocycles. The van der Waals surface area contributed by atoms with E-state index in [1.165, 1.54) is 30.5 Å². The second-order valence-corrected chi connectivity index (χ2v) is 5.74. The number of pyridine rings is 1. The molecule has 1 heterocycles. The first-order valence-electron chi connectivity index (χ1n) is 6.54.